The van der Waals surface area contributed by atoms with Gasteiger partial charge in [-0.1, -0.05) is 54.7 Å². The molecule has 0 aromatic rings. The van der Waals surface area contributed by atoms with Crippen LogP contribution in [0.15, 0.2) is 71.4 Å². The summed E-state index contributed by atoms with van der Waals surface area (Å²) in [6.07, 6.45) is 10.2. The Balaban J connectivity index is 5.46. The Morgan fingerprint density at radius 2 is 1.65 bits per heavy atom. The maximum absolute atomic E-state index is 3.96. The van der Waals surface area contributed by atoms with Gasteiger partial charge in [-0.2, -0.15) is 0 Å². The van der Waals surface area contributed by atoms with Crippen LogP contribution in [0, 0.1) is 0 Å². The van der Waals surface area contributed by atoms with Crippen molar-refractivity contribution in [2.75, 3.05) is 0 Å². The lowest BCUT2D eigenvalue weighted by Gasteiger charge is -2.08. The molecule has 0 aliphatic carbocycles. The van der Waals surface area contributed by atoms with Gasteiger partial charge in [0.05, 0.1) is 0 Å². The second-order valence-electron chi connectivity index (χ2n) is 4.36. The summed E-state index contributed by atoms with van der Waals surface area (Å²) in [4.78, 5) is 0. The van der Waals surface area contributed by atoms with Crippen molar-refractivity contribution >= 4 is 0 Å². The zero-order valence-corrected chi connectivity index (χ0v) is 11.8. The normalized spacial score (nSPS) is 12.8. The molecule has 0 rings (SSSR count). The van der Waals surface area contributed by atoms with Crippen LogP contribution in [0.25, 0.3) is 0 Å². The van der Waals surface area contributed by atoms with E-state index in [-0.39, 0.29) is 0 Å². The minimum atomic E-state index is 1.10. The first-order valence-corrected chi connectivity index (χ1v) is 5.91. The third kappa shape index (κ3) is 5.35. The number of hydrogen-bond donors (Lipinski definition) is 0. The van der Waals surface area contributed by atoms with Gasteiger partial charge in [-0.05, 0) is 51.3 Å². The summed E-state index contributed by atoms with van der Waals surface area (Å²) in [5, 5.41) is 0. The topological polar surface area (TPSA) is 0 Å². The van der Waals surface area contributed by atoms with Crippen LogP contribution in [0.1, 0.15) is 34.6 Å². The second kappa shape index (κ2) is 7.67. The standard InChI is InChI=1S/C17H24/c1-8-10-11-17(14(5)6)16(9-2)12-15(7)13(3)4/h8-12H,1,3H2,2,4-7H3/b11-10-,15-12+,16-9-. The Kier molecular flexibility index (Phi) is 6.97. The lowest BCUT2D eigenvalue weighted by Crippen LogP contribution is -1.89. The van der Waals surface area contributed by atoms with E-state index in [1.165, 1.54) is 22.3 Å². The molecule has 0 bridgehead atoms. The minimum absolute atomic E-state index is 1.10. The summed E-state index contributed by atoms with van der Waals surface area (Å²) in [5.41, 5.74) is 6.08. The van der Waals surface area contributed by atoms with Crippen molar-refractivity contribution < 1.29 is 0 Å². The maximum Gasteiger partial charge on any atom is -0.0201 e. The fraction of sp³-hybridized carbons (Fsp3) is 0.294. The van der Waals surface area contributed by atoms with Crippen molar-refractivity contribution in [2.45, 2.75) is 34.6 Å². The van der Waals surface area contributed by atoms with Gasteiger partial charge in [0.15, 0.2) is 0 Å². The zero-order chi connectivity index (χ0) is 13.4. The summed E-state index contributed by atoms with van der Waals surface area (Å²) in [6, 6.07) is 0. The van der Waals surface area contributed by atoms with Crippen LogP contribution in [0.2, 0.25) is 0 Å². The largest absolute Gasteiger partial charge is 0.0991 e. The highest BCUT2D eigenvalue weighted by molar-refractivity contribution is 5.51. The van der Waals surface area contributed by atoms with Gasteiger partial charge >= 0.3 is 0 Å². The van der Waals surface area contributed by atoms with Crippen molar-refractivity contribution in [1.82, 2.24) is 0 Å². The van der Waals surface area contributed by atoms with E-state index in [0.29, 0.717) is 0 Å². The van der Waals surface area contributed by atoms with E-state index >= 15 is 0 Å². The predicted molar refractivity (Wildman–Crippen MR) is 80.0 cm³/mol. The first-order valence-electron chi connectivity index (χ1n) is 5.91. The molecule has 92 valence electrons. The first-order chi connectivity index (χ1) is 7.93. The van der Waals surface area contributed by atoms with Gasteiger partial charge in [0.2, 0.25) is 0 Å². The summed E-state index contributed by atoms with van der Waals surface area (Å²) >= 11 is 0. The number of hydrogen-bond acceptors (Lipinski definition) is 0. The molecule has 0 aliphatic rings. The second-order valence-corrected chi connectivity index (χ2v) is 4.36. The van der Waals surface area contributed by atoms with Gasteiger partial charge in [0, 0.05) is 0 Å². The Morgan fingerprint density at radius 3 is 2.00 bits per heavy atom. The fourth-order valence-electron chi connectivity index (χ4n) is 1.39. The molecule has 0 unspecified atom stereocenters. The van der Waals surface area contributed by atoms with E-state index in [4.69, 9.17) is 0 Å². The van der Waals surface area contributed by atoms with Crippen LogP contribution in [0.4, 0.5) is 0 Å². The van der Waals surface area contributed by atoms with E-state index in [9.17, 15) is 0 Å². The first kappa shape index (κ1) is 15.4. The van der Waals surface area contributed by atoms with Crippen LogP contribution in [0.3, 0.4) is 0 Å². The van der Waals surface area contributed by atoms with Crippen LogP contribution >= 0.6 is 0 Å². The Bertz CT molecular complexity index is 405. The molecular weight excluding hydrogens is 204 g/mol. The molecule has 17 heavy (non-hydrogen) atoms. The van der Waals surface area contributed by atoms with Gasteiger partial charge in [-0.25, -0.2) is 0 Å². The molecule has 0 saturated carbocycles. The highest BCUT2D eigenvalue weighted by Gasteiger charge is 2.01. The smallest absolute Gasteiger partial charge is 0.0201 e. The summed E-state index contributed by atoms with van der Waals surface area (Å²) in [6.45, 7) is 18.1. The van der Waals surface area contributed by atoms with E-state index in [1.54, 1.807) is 6.08 Å². The van der Waals surface area contributed by atoms with Gasteiger partial charge in [0.1, 0.15) is 0 Å². The summed E-state index contributed by atoms with van der Waals surface area (Å²) in [7, 11) is 0. The monoisotopic (exact) mass is 228 g/mol. The van der Waals surface area contributed by atoms with E-state index in [0.717, 1.165) is 5.57 Å². The van der Waals surface area contributed by atoms with E-state index in [1.807, 2.05) is 13.0 Å². The third-order valence-corrected chi connectivity index (χ3v) is 2.60. The van der Waals surface area contributed by atoms with E-state index in [2.05, 4.69) is 59.1 Å². The molecule has 0 saturated heterocycles. The summed E-state index contributed by atoms with van der Waals surface area (Å²) in [5.74, 6) is 0. The lowest BCUT2D eigenvalue weighted by atomic mass is 9.97. The zero-order valence-electron chi connectivity index (χ0n) is 11.8. The van der Waals surface area contributed by atoms with Crippen LogP contribution in [-0.4, -0.2) is 0 Å². The van der Waals surface area contributed by atoms with Crippen molar-refractivity contribution in [3.63, 3.8) is 0 Å². The predicted octanol–water partition coefficient (Wildman–Crippen LogP) is 5.53. The third-order valence-electron chi connectivity index (χ3n) is 2.60. The number of allylic oxidation sites excluding steroid dienone is 10. The Morgan fingerprint density at radius 1 is 1.06 bits per heavy atom. The van der Waals surface area contributed by atoms with E-state index < -0.39 is 0 Å². The highest BCUT2D eigenvalue weighted by atomic mass is 14.1. The van der Waals surface area contributed by atoms with Crippen molar-refractivity contribution in [1.29, 1.82) is 0 Å². The van der Waals surface area contributed by atoms with Gasteiger partial charge < -0.3 is 0 Å². The average Bonchev–Trinajstić information content (AvgIpc) is 2.26. The van der Waals surface area contributed by atoms with Gasteiger partial charge in [-0.3, -0.25) is 0 Å². The van der Waals surface area contributed by atoms with Crippen LogP contribution in [-0.2, 0) is 0 Å². The molecular formula is C17H24. The fourth-order valence-corrected chi connectivity index (χ4v) is 1.39. The molecule has 0 aliphatic heterocycles. The average molecular weight is 228 g/mol. The van der Waals surface area contributed by atoms with Crippen LogP contribution < -0.4 is 0 Å². The molecule has 0 N–H and O–H groups in total. The molecule has 0 heteroatoms. The molecule has 0 amide bonds. The minimum Gasteiger partial charge on any atom is -0.0991 e. The van der Waals surface area contributed by atoms with Gasteiger partial charge in [-0.15, -0.1) is 0 Å². The molecule has 0 aromatic heterocycles. The molecule has 0 fully saturated rings. The highest BCUT2D eigenvalue weighted by Crippen LogP contribution is 2.21. The quantitative estimate of drug-likeness (QED) is 0.542. The SMILES string of the molecule is C=C/C=C\C(=C(C)C)C(=C\C)/C=C(\C)C(=C)C. The van der Waals surface area contributed by atoms with Crippen molar-refractivity contribution in [3.05, 3.63) is 71.4 Å². The summed E-state index contributed by atoms with van der Waals surface area (Å²) < 4.78 is 0. The van der Waals surface area contributed by atoms with Gasteiger partial charge in [0.25, 0.3) is 0 Å². The molecule has 0 atom stereocenters. The number of rotatable bonds is 5. The molecule has 0 spiro atoms. The molecule has 0 aromatic carbocycles. The van der Waals surface area contributed by atoms with Crippen molar-refractivity contribution in [2.24, 2.45) is 0 Å². The molecule has 0 nitrogen and oxygen atoms in total. The molecule has 0 radical (unpaired) electrons. The lowest BCUT2D eigenvalue weighted by molar-refractivity contribution is 1.28. The van der Waals surface area contributed by atoms with Crippen molar-refractivity contribution in [3.8, 4) is 0 Å². The Labute approximate surface area is 106 Å². The van der Waals surface area contributed by atoms with Crippen LogP contribution in [0.5, 0.6) is 0 Å². The Hall–Kier alpha value is -1.56. The molecule has 0 heterocycles. The maximum atomic E-state index is 3.96.